The Morgan fingerprint density at radius 2 is 2.08 bits per heavy atom. The maximum absolute atomic E-state index is 5.29. The number of benzene rings is 1. The Labute approximate surface area is 80.0 Å². The average Bonchev–Trinajstić information content (AvgIpc) is 2.08. The summed E-state index contributed by atoms with van der Waals surface area (Å²) in [6.07, 6.45) is 1.46. The molecule has 0 spiro atoms. The predicted octanol–water partition coefficient (Wildman–Crippen LogP) is 3.64. The van der Waals surface area contributed by atoms with Crippen LogP contribution in [-0.2, 0) is 0 Å². The second-order valence-corrected chi connectivity index (χ2v) is 3.41. The molecule has 0 bridgehead atoms. The van der Waals surface area contributed by atoms with Crippen molar-refractivity contribution in [3.05, 3.63) is 42.2 Å². The van der Waals surface area contributed by atoms with Crippen LogP contribution >= 0.6 is 0 Å². The molecule has 0 aliphatic rings. The summed E-state index contributed by atoms with van der Waals surface area (Å²) >= 11 is 0. The fourth-order valence-electron chi connectivity index (χ4n) is 1.47. The van der Waals surface area contributed by atoms with E-state index < -0.39 is 0 Å². The monoisotopic (exact) mass is 176 g/mol. The Kier molecular flexibility index (Phi) is 3.13. The maximum Gasteiger partial charge on any atom is 0.129 e. The van der Waals surface area contributed by atoms with Crippen molar-refractivity contribution >= 4 is 0 Å². The summed E-state index contributed by atoms with van der Waals surface area (Å²) in [6, 6.07) is 6.11. The van der Waals surface area contributed by atoms with Gasteiger partial charge in [-0.1, -0.05) is 32.6 Å². The molecule has 1 nitrogen and oxygen atoms in total. The van der Waals surface area contributed by atoms with E-state index in [9.17, 15) is 0 Å². The molecule has 0 heterocycles. The normalized spacial score (nSPS) is 10.2. The first kappa shape index (κ1) is 9.85. The third-order valence-corrected chi connectivity index (χ3v) is 2.16. The molecular formula is C12H16O. The summed E-state index contributed by atoms with van der Waals surface area (Å²) in [5.41, 5.74) is 2.54. The molecule has 0 aromatic heterocycles. The van der Waals surface area contributed by atoms with E-state index in [0.29, 0.717) is 5.92 Å². The van der Waals surface area contributed by atoms with E-state index in [4.69, 9.17) is 4.74 Å². The van der Waals surface area contributed by atoms with Gasteiger partial charge in [0.05, 0.1) is 6.26 Å². The third-order valence-electron chi connectivity index (χ3n) is 2.16. The van der Waals surface area contributed by atoms with Crippen LogP contribution in [0.1, 0.15) is 30.9 Å². The van der Waals surface area contributed by atoms with Gasteiger partial charge in [0, 0.05) is 0 Å². The van der Waals surface area contributed by atoms with Crippen LogP contribution in [-0.4, -0.2) is 0 Å². The first-order chi connectivity index (χ1) is 6.16. The van der Waals surface area contributed by atoms with Gasteiger partial charge in [-0.15, -0.1) is 0 Å². The van der Waals surface area contributed by atoms with Crippen LogP contribution in [0.25, 0.3) is 0 Å². The molecule has 0 fully saturated rings. The van der Waals surface area contributed by atoms with Crippen LogP contribution in [0.2, 0.25) is 0 Å². The minimum Gasteiger partial charge on any atom is -0.465 e. The lowest BCUT2D eigenvalue weighted by Gasteiger charge is -2.12. The van der Waals surface area contributed by atoms with Crippen molar-refractivity contribution in [3.8, 4) is 5.75 Å². The highest BCUT2D eigenvalue weighted by Crippen LogP contribution is 2.26. The van der Waals surface area contributed by atoms with E-state index in [2.05, 4.69) is 33.4 Å². The summed E-state index contributed by atoms with van der Waals surface area (Å²) < 4.78 is 5.29. The highest BCUT2D eigenvalue weighted by molar-refractivity contribution is 5.40. The van der Waals surface area contributed by atoms with Crippen molar-refractivity contribution in [3.63, 3.8) is 0 Å². The molecule has 0 atom stereocenters. The molecule has 0 unspecified atom stereocenters. The van der Waals surface area contributed by atoms with E-state index in [1.54, 1.807) is 0 Å². The Morgan fingerprint density at radius 3 is 2.62 bits per heavy atom. The van der Waals surface area contributed by atoms with Crippen molar-refractivity contribution < 1.29 is 4.74 Å². The van der Waals surface area contributed by atoms with Crippen LogP contribution in [0, 0.1) is 6.92 Å². The Balaban J connectivity index is 3.10. The summed E-state index contributed by atoms with van der Waals surface area (Å²) in [4.78, 5) is 0. The lowest BCUT2D eigenvalue weighted by molar-refractivity contribution is 0.478. The number of hydrogen-bond acceptors (Lipinski definition) is 1. The summed E-state index contributed by atoms with van der Waals surface area (Å²) in [5, 5.41) is 0. The van der Waals surface area contributed by atoms with Gasteiger partial charge in [-0.3, -0.25) is 0 Å². The largest absolute Gasteiger partial charge is 0.465 e. The Bertz CT molecular complexity index is 300. The van der Waals surface area contributed by atoms with E-state index >= 15 is 0 Å². The zero-order chi connectivity index (χ0) is 9.84. The SMILES string of the molecule is C=COc1cccc(C(C)C)c1C. The van der Waals surface area contributed by atoms with Crippen molar-refractivity contribution in [2.24, 2.45) is 0 Å². The molecule has 1 aromatic carbocycles. The zero-order valence-electron chi connectivity index (χ0n) is 8.50. The third kappa shape index (κ3) is 2.11. The fourth-order valence-corrected chi connectivity index (χ4v) is 1.47. The predicted molar refractivity (Wildman–Crippen MR) is 56.1 cm³/mol. The highest BCUT2D eigenvalue weighted by atomic mass is 16.5. The molecule has 0 amide bonds. The van der Waals surface area contributed by atoms with Gasteiger partial charge >= 0.3 is 0 Å². The molecule has 0 N–H and O–H groups in total. The molecule has 0 aliphatic carbocycles. The topological polar surface area (TPSA) is 9.23 Å². The van der Waals surface area contributed by atoms with Gasteiger partial charge in [0.1, 0.15) is 5.75 Å². The van der Waals surface area contributed by atoms with Crippen LogP contribution in [0.15, 0.2) is 31.0 Å². The van der Waals surface area contributed by atoms with Crippen LogP contribution in [0.3, 0.4) is 0 Å². The first-order valence-corrected chi connectivity index (χ1v) is 4.54. The van der Waals surface area contributed by atoms with Crippen molar-refractivity contribution in [1.82, 2.24) is 0 Å². The van der Waals surface area contributed by atoms with Crippen molar-refractivity contribution in [2.75, 3.05) is 0 Å². The molecule has 0 radical (unpaired) electrons. The summed E-state index contributed by atoms with van der Waals surface area (Å²) in [5.74, 6) is 1.44. The van der Waals surface area contributed by atoms with E-state index in [1.165, 1.54) is 17.4 Å². The van der Waals surface area contributed by atoms with Gasteiger partial charge in [-0.05, 0) is 30.0 Å². The molecule has 0 aliphatic heterocycles. The molecule has 13 heavy (non-hydrogen) atoms. The Morgan fingerprint density at radius 1 is 1.38 bits per heavy atom. The molecule has 0 saturated heterocycles. The minimum atomic E-state index is 0.536. The molecule has 1 heteroatoms. The second kappa shape index (κ2) is 4.13. The van der Waals surface area contributed by atoms with E-state index in [1.807, 2.05) is 12.1 Å². The lowest BCUT2D eigenvalue weighted by atomic mass is 9.98. The average molecular weight is 176 g/mol. The summed E-state index contributed by atoms with van der Waals surface area (Å²) in [7, 11) is 0. The molecule has 0 saturated carbocycles. The van der Waals surface area contributed by atoms with Crippen LogP contribution < -0.4 is 4.74 Å². The van der Waals surface area contributed by atoms with E-state index in [-0.39, 0.29) is 0 Å². The fraction of sp³-hybridized carbons (Fsp3) is 0.333. The first-order valence-electron chi connectivity index (χ1n) is 4.54. The van der Waals surface area contributed by atoms with Gasteiger partial charge in [-0.2, -0.15) is 0 Å². The summed E-state index contributed by atoms with van der Waals surface area (Å²) in [6.45, 7) is 9.99. The standard InChI is InChI=1S/C12H16O/c1-5-13-12-8-6-7-11(9(2)3)10(12)4/h5-9H,1H2,2-4H3. The van der Waals surface area contributed by atoms with Crippen LogP contribution in [0.5, 0.6) is 5.75 Å². The zero-order valence-corrected chi connectivity index (χ0v) is 8.50. The van der Waals surface area contributed by atoms with Gasteiger partial charge in [-0.25, -0.2) is 0 Å². The Hall–Kier alpha value is -1.24. The van der Waals surface area contributed by atoms with Gasteiger partial charge in [0.25, 0.3) is 0 Å². The minimum absolute atomic E-state index is 0.536. The number of rotatable bonds is 3. The smallest absolute Gasteiger partial charge is 0.129 e. The number of ether oxygens (including phenoxy) is 1. The molecule has 1 rings (SSSR count). The van der Waals surface area contributed by atoms with Crippen molar-refractivity contribution in [2.45, 2.75) is 26.7 Å². The quantitative estimate of drug-likeness (QED) is 0.639. The molecular weight excluding hydrogens is 160 g/mol. The number of hydrogen-bond donors (Lipinski definition) is 0. The van der Waals surface area contributed by atoms with Crippen molar-refractivity contribution in [1.29, 1.82) is 0 Å². The van der Waals surface area contributed by atoms with Gasteiger partial charge in [0.15, 0.2) is 0 Å². The molecule has 70 valence electrons. The van der Waals surface area contributed by atoms with Gasteiger partial charge in [0.2, 0.25) is 0 Å². The highest BCUT2D eigenvalue weighted by Gasteiger charge is 2.06. The second-order valence-electron chi connectivity index (χ2n) is 3.41. The molecule has 1 aromatic rings. The van der Waals surface area contributed by atoms with Gasteiger partial charge < -0.3 is 4.74 Å². The lowest BCUT2D eigenvalue weighted by Crippen LogP contribution is -1.94. The van der Waals surface area contributed by atoms with E-state index in [0.717, 1.165) is 5.75 Å². The van der Waals surface area contributed by atoms with Crippen LogP contribution in [0.4, 0.5) is 0 Å². The maximum atomic E-state index is 5.29.